The fourth-order valence-electron chi connectivity index (χ4n) is 9.88. The molecule has 68 heavy (non-hydrogen) atoms. The number of rotatable bonds is 8. The Labute approximate surface area is 396 Å². The molecule has 2 saturated heterocycles. The highest BCUT2D eigenvalue weighted by Gasteiger charge is 2.33. The number of fused-ring (bicyclic) bond motifs is 4. The molecule has 3 N–H and O–H groups in total. The molecule has 2 fully saturated rings. The van der Waals surface area contributed by atoms with E-state index in [1.165, 1.54) is 34.9 Å². The van der Waals surface area contributed by atoms with E-state index in [0.29, 0.717) is 59.9 Å². The molecule has 0 bridgehead atoms. The third-order valence-electron chi connectivity index (χ3n) is 13.1. The Bertz CT molecular complexity index is 2830. The number of aryl methyl sites for hydroxylation is 2. The molecule has 1 amide bonds. The number of hydrogen-bond donors (Lipinski definition) is 1. The zero-order valence-electron chi connectivity index (χ0n) is 39.8. The van der Waals surface area contributed by atoms with Crippen LogP contribution in [0.25, 0.3) is 21.8 Å². The van der Waals surface area contributed by atoms with Crippen molar-refractivity contribution in [2.24, 2.45) is 11.8 Å². The van der Waals surface area contributed by atoms with E-state index in [0.717, 1.165) is 50.7 Å². The lowest BCUT2D eigenvalue weighted by atomic mass is 9.96. The van der Waals surface area contributed by atoms with Crippen LogP contribution in [0.2, 0.25) is 0 Å². The normalized spacial score (nSPS) is 20.0. The van der Waals surface area contributed by atoms with Crippen LogP contribution in [0.5, 0.6) is 11.8 Å². The summed E-state index contributed by atoms with van der Waals surface area (Å²) in [4.78, 5) is 61.4. The summed E-state index contributed by atoms with van der Waals surface area (Å²) in [5.74, 6) is 0.857. The van der Waals surface area contributed by atoms with Crippen molar-refractivity contribution in [2.75, 3.05) is 26.4 Å². The second-order valence-electron chi connectivity index (χ2n) is 18.5. The highest BCUT2D eigenvalue weighted by Crippen LogP contribution is 2.28. The number of ether oxygens (including phenoxy) is 4. The van der Waals surface area contributed by atoms with Crippen LogP contribution in [0, 0.1) is 11.8 Å². The molecule has 360 valence electrons. The lowest BCUT2D eigenvalue weighted by Gasteiger charge is -2.38. The SMILES string of the molecule is CCn1cc(C(=O)N2[C@H](C)COC[C@@H]2C)c(=O)c2cc(OC3Cc4ccccc4C3)ncc21.CCn1cc(C(=O)O)c(=O)c2cc(OC3Cc4ccccc4C3)ncc21.C[C@@H]1COC[C@H](C)C1.O. The Morgan fingerprint density at radius 2 is 1.04 bits per heavy atom. The average molecular weight is 930 g/mol. The van der Waals surface area contributed by atoms with E-state index in [9.17, 15) is 24.3 Å². The van der Waals surface area contributed by atoms with Gasteiger partial charge in [-0.1, -0.05) is 62.4 Å². The summed E-state index contributed by atoms with van der Waals surface area (Å²) < 4.78 is 26.6. The molecule has 2 aliphatic carbocycles. The van der Waals surface area contributed by atoms with Crippen LogP contribution < -0.4 is 20.3 Å². The Morgan fingerprint density at radius 1 is 0.647 bits per heavy atom. The Morgan fingerprint density at radius 3 is 1.43 bits per heavy atom. The predicted octanol–water partition coefficient (Wildman–Crippen LogP) is 6.73. The van der Waals surface area contributed by atoms with Gasteiger partial charge in [0.15, 0.2) is 0 Å². The van der Waals surface area contributed by atoms with Gasteiger partial charge in [-0.3, -0.25) is 14.4 Å². The van der Waals surface area contributed by atoms with Crippen molar-refractivity contribution in [3.8, 4) is 11.8 Å². The molecule has 10 rings (SSSR count). The lowest BCUT2D eigenvalue weighted by Crippen LogP contribution is -2.53. The number of aromatic nitrogens is 4. The number of pyridine rings is 4. The summed E-state index contributed by atoms with van der Waals surface area (Å²) in [6, 6.07) is 19.6. The second kappa shape index (κ2) is 21.7. The van der Waals surface area contributed by atoms with Crippen LogP contribution >= 0.6 is 0 Å². The van der Waals surface area contributed by atoms with Crippen molar-refractivity contribution in [3.05, 3.63) is 139 Å². The van der Waals surface area contributed by atoms with Gasteiger partial charge in [0.05, 0.1) is 59.5 Å². The lowest BCUT2D eigenvalue weighted by molar-refractivity contribution is -0.0250. The molecule has 0 spiro atoms. The molecule has 6 aromatic rings. The summed E-state index contributed by atoms with van der Waals surface area (Å²) >= 11 is 0. The van der Waals surface area contributed by atoms with Gasteiger partial charge in [0.2, 0.25) is 22.6 Å². The molecule has 4 aromatic heterocycles. The molecule has 6 heterocycles. The predicted molar refractivity (Wildman–Crippen MR) is 260 cm³/mol. The molecule has 15 nitrogen and oxygen atoms in total. The minimum Gasteiger partial charge on any atom is -0.477 e. The second-order valence-corrected chi connectivity index (χ2v) is 18.5. The molecule has 2 aliphatic heterocycles. The number of amides is 1. The standard InChI is InChI=1S/C26H29N3O4.C20H18N2O4.C7H14O.H2O/c1-4-28-13-22(26(31)29-16(2)14-32-15-17(29)3)25(30)21-11-24(27-12-23(21)28)33-20-9-18-7-5-6-8-19(18)10-20;1-2-22-11-16(20(24)25)19(23)15-9-18(21-10-17(15)22)26-14-7-12-5-3-4-6-13(12)8-14;1-6-3-7(2)5-8-4-6;/h5-8,11-13,16-17,20H,4,9-10,14-15H2,1-3H3;3-6,9-11,14H,2,7-8H2,1H3,(H,24,25);6-7H,3-5H2,1-2H3;1H2/t16-,17+;;6-,7+;. The van der Waals surface area contributed by atoms with Gasteiger partial charge in [-0.15, -0.1) is 0 Å². The van der Waals surface area contributed by atoms with E-state index < -0.39 is 11.4 Å². The Kier molecular flexibility index (Phi) is 15.8. The first-order valence-corrected chi connectivity index (χ1v) is 23.6. The maximum atomic E-state index is 13.5. The topological polar surface area (TPSA) is 196 Å². The van der Waals surface area contributed by atoms with E-state index in [1.807, 2.05) is 56.5 Å². The van der Waals surface area contributed by atoms with Crippen LogP contribution in [0.4, 0.5) is 0 Å². The number of hydrogen-bond acceptors (Lipinski definition) is 10. The van der Waals surface area contributed by atoms with Crippen molar-refractivity contribution in [3.63, 3.8) is 0 Å². The van der Waals surface area contributed by atoms with Gasteiger partial charge < -0.3 is 43.6 Å². The smallest absolute Gasteiger partial charge is 0.341 e. The highest BCUT2D eigenvalue weighted by molar-refractivity contribution is 5.98. The van der Waals surface area contributed by atoms with Gasteiger partial charge in [0.1, 0.15) is 23.3 Å². The largest absolute Gasteiger partial charge is 0.477 e. The molecule has 0 saturated carbocycles. The zero-order valence-corrected chi connectivity index (χ0v) is 39.8. The average Bonchev–Trinajstić information content (AvgIpc) is 3.93. The van der Waals surface area contributed by atoms with Gasteiger partial charge in [0.25, 0.3) is 5.91 Å². The number of benzene rings is 2. The summed E-state index contributed by atoms with van der Waals surface area (Å²) in [5.41, 5.74) is 5.54. The van der Waals surface area contributed by atoms with Crippen molar-refractivity contribution in [1.82, 2.24) is 24.0 Å². The quantitative estimate of drug-likeness (QED) is 0.170. The van der Waals surface area contributed by atoms with E-state index >= 15 is 0 Å². The number of carboxylic acids is 1. The van der Waals surface area contributed by atoms with Crippen LogP contribution in [0.15, 0.2) is 95.0 Å². The highest BCUT2D eigenvalue weighted by atomic mass is 16.5. The van der Waals surface area contributed by atoms with Crippen molar-refractivity contribution in [2.45, 2.75) is 111 Å². The molecule has 15 heteroatoms. The van der Waals surface area contributed by atoms with Crippen molar-refractivity contribution < 1.29 is 39.1 Å². The van der Waals surface area contributed by atoms with Crippen LogP contribution in [-0.4, -0.2) is 97.2 Å². The summed E-state index contributed by atoms with van der Waals surface area (Å²) in [5, 5.41) is 10.1. The minimum atomic E-state index is -1.23. The third-order valence-corrected chi connectivity index (χ3v) is 13.1. The summed E-state index contributed by atoms with van der Waals surface area (Å²) in [6.07, 6.45) is 10.8. The van der Waals surface area contributed by atoms with Gasteiger partial charge in [-0.2, -0.15) is 0 Å². The fourth-order valence-corrected chi connectivity index (χ4v) is 9.88. The van der Waals surface area contributed by atoms with Crippen LogP contribution in [-0.2, 0) is 48.2 Å². The maximum absolute atomic E-state index is 13.5. The molecule has 0 unspecified atom stereocenters. The van der Waals surface area contributed by atoms with Gasteiger partial charge in [-0.25, -0.2) is 14.8 Å². The zero-order chi connectivity index (χ0) is 47.4. The van der Waals surface area contributed by atoms with Gasteiger partial charge in [-0.05, 0) is 68.2 Å². The van der Waals surface area contributed by atoms with E-state index in [4.69, 9.17) is 18.9 Å². The van der Waals surface area contributed by atoms with E-state index in [1.54, 1.807) is 40.2 Å². The monoisotopic (exact) mass is 929 g/mol. The van der Waals surface area contributed by atoms with Crippen molar-refractivity contribution >= 4 is 33.7 Å². The first-order valence-electron chi connectivity index (χ1n) is 23.6. The molecule has 4 atom stereocenters. The number of morpholine rings is 1. The third kappa shape index (κ3) is 10.8. The first-order chi connectivity index (χ1) is 32.3. The fraction of sp³-hybridized carbons (Fsp3) is 0.434. The van der Waals surface area contributed by atoms with E-state index in [2.05, 4.69) is 48.1 Å². The van der Waals surface area contributed by atoms with Gasteiger partial charge in [0, 0.05) is 76.5 Å². The molecule has 0 radical (unpaired) electrons. The number of carbonyl (C=O) groups excluding carboxylic acids is 1. The molecule has 4 aliphatic rings. The maximum Gasteiger partial charge on any atom is 0.341 e. The van der Waals surface area contributed by atoms with Crippen LogP contribution in [0.3, 0.4) is 0 Å². The molecular weight excluding hydrogens is 867 g/mol. The number of carbonyl (C=O) groups is 2. The minimum absolute atomic E-state index is 0. The number of aromatic carboxylic acids is 1. The first kappa shape index (κ1) is 49.5. The van der Waals surface area contributed by atoms with Crippen molar-refractivity contribution in [1.29, 1.82) is 0 Å². The molecular formula is C53H63N5O10. The Balaban J connectivity index is 0.000000174. The van der Waals surface area contributed by atoms with Gasteiger partial charge >= 0.3 is 5.97 Å². The molecule has 2 aromatic carbocycles. The summed E-state index contributed by atoms with van der Waals surface area (Å²) in [6.45, 7) is 16.3. The van der Waals surface area contributed by atoms with Crippen LogP contribution in [0.1, 0.15) is 90.9 Å². The Hall–Kier alpha value is -6.42. The number of nitrogens with zero attached hydrogens (tertiary/aromatic N) is 5. The van der Waals surface area contributed by atoms with E-state index in [-0.39, 0.29) is 52.2 Å². The summed E-state index contributed by atoms with van der Waals surface area (Å²) in [7, 11) is 0. The number of carboxylic acid groups (broad SMARTS) is 1.